The van der Waals surface area contributed by atoms with Gasteiger partial charge in [-0.1, -0.05) is 23.7 Å². The Morgan fingerprint density at radius 3 is 2.63 bits per heavy atom. The smallest absolute Gasteiger partial charge is 0.221 e. The molecule has 2 aromatic carbocycles. The van der Waals surface area contributed by atoms with Crippen LogP contribution in [0.2, 0.25) is 5.02 Å². The molecule has 30 heavy (non-hydrogen) atoms. The molecular formula is C23H27ClN2O4. The molecule has 1 amide bonds. The molecule has 0 bridgehead atoms. The Morgan fingerprint density at radius 2 is 1.97 bits per heavy atom. The highest BCUT2D eigenvalue weighted by atomic mass is 35.5. The monoisotopic (exact) mass is 430 g/mol. The molecule has 0 unspecified atom stereocenters. The quantitative estimate of drug-likeness (QED) is 0.689. The summed E-state index contributed by atoms with van der Waals surface area (Å²) >= 11 is 6.05. The molecule has 2 aliphatic heterocycles. The van der Waals surface area contributed by atoms with Gasteiger partial charge in [-0.05, 0) is 48.7 Å². The molecular weight excluding hydrogens is 404 g/mol. The van der Waals surface area contributed by atoms with Gasteiger partial charge in [0.15, 0.2) is 0 Å². The Labute approximate surface area is 181 Å². The molecule has 0 saturated carbocycles. The van der Waals surface area contributed by atoms with E-state index in [1.54, 1.807) is 24.3 Å². The summed E-state index contributed by atoms with van der Waals surface area (Å²) in [6.45, 7) is 3.58. The Morgan fingerprint density at radius 1 is 1.27 bits per heavy atom. The van der Waals surface area contributed by atoms with Crippen molar-refractivity contribution in [2.45, 2.75) is 44.0 Å². The maximum absolute atomic E-state index is 11.1. The highest BCUT2D eigenvalue weighted by molar-refractivity contribution is 6.30. The van der Waals surface area contributed by atoms with Gasteiger partial charge >= 0.3 is 0 Å². The summed E-state index contributed by atoms with van der Waals surface area (Å²) in [5.41, 5.74) is 1.92. The molecule has 1 spiro atoms. The number of rotatable bonds is 4. The van der Waals surface area contributed by atoms with Gasteiger partial charge in [-0.2, -0.15) is 0 Å². The van der Waals surface area contributed by atoms with Gasteiger partial charge in [0, 0.05) is 49.3 Å². The van der Waals surface area contributed by atoms with E-state index >= 15 is 0 Å². The summed E-state index contributed by atoms with van der Waals surface area (Å²) in [7, 11) is 0. The lowest BCUT2D eigenvalue weighted by molar-refractivity contribution is -0.114. The van der Waals surface area contributed by atoms with E-state index < -0.39 is 12.2 Å². The van der Waals surface area contributed by atoms with Crippen molar-refractivity contribution in [3.8, 4) is 5.75 Å². The van der Waals surface area contributed by atoms with Crippen molar-refractivity contribution in [2.24, 2.45) is 0 Å². The molecule has 1 fully saturated rings. The second-order valence-electron chi connectivity index (χ2n) is 8.31. The number of hydrogen-bond donors (Lipinski definition) is 3. The lowest BCUT2D eigenvalue weighted by Crippen LogP contribution is -2.51. The van der Waals surface area contributed by atoms with E-state index in [1.165, 1.54) is 6.92 Å². The molecule has 4 rings (SSSR count). The number of aliphatic hydroxyl groups excluding tert-OH is 2. The van der Waals surface area contributed by atoms with Gasteiger partial charge in [-0.15, -0.1) is 0 Å². The average molecular weight is 431 g/mol. The van der Waals surface area contributed by atoms with E-state index in [0.717, 1.165) is 37.1 Å². The van der Waals surface area contributed by atoms with Crippen molar-refractivity contribution in [1.29, 1.82) is 0 Å². The number of carbonyl (C=O) groups excluding carboxylic acids is 1. The number of nitrogens with zero attached hydrogens (tertiary/aromatic N) is 1. The lowest BCUT2D eigenvalue weighted by Gasteiger charge is -2.46. The molecule has 0 aliphatic carbocycles. The molecule has 7 heteroatoms. The van der Waals surface area contributed by atoms with Crippen LogP contribution in [0.15, 0.2) is 42.5 Å². The van der Waals surface area contributed by atoms with Crippen LogP contribution in [-0.2, 0) is 4.79 Å². The number of aliphatic hydroxyl groups is 2. The number of halogens is 1. The predicted octanol–water partition coefficient (Wildman–Crippen LogP) is 3.68. The van der Waals surface area contributed by atoms with E-state index in [2.05, 4.69) is 10.2 Å². The first kappa shape index (κ1) is 21.1. The van der Waals surface area contributed by atoms with E-state index in [4.69, 9.17) is 16.3 Å². The van der Waals surface area contributed by atoms with Gasteiger partial charge < -0.3 is 25.2 Å². The first-order chi connectivity index (χ1) is 14.3. The normalized spacial score (nSPS) is 21.5. The van der Waals surface area contributed by atoms with Crippen molar-refractivity contribution in [3.63, 3.8) is 0 Å². The van der Waals surface area contributed by atoms with Crippen molar-refractivity contribution in [3.05, 3.63) is 58.6 Å². The fourth-order valence-electron chi connectivity index (χ4n) is 4.40. The number of nitrogens with one attached hydrogen (secondary N) is 1. The minimum atomic E-state index is -0.605. The number of piperidine rings is 1. The van der Waals surface area contributed by atoms with Crippen molar-refractivity contribution < 1.29 is 19.7 Å². The standard InChI is InChI=1S/C23H27ClN2O4/c1-15(27)25-18-5-2-16(3-6-18)21(29)14-26-10-8-23(9-11-26)13-20(28)19-12-17(24)4-7-22(19)30-23/h2-7,12,20-21,28-29H,8-11,13-14H2,1H3,(H,25,27)/t20-,21-/m1/s1. The summed E-state index contributed by atoms with van der Waals surface area (Å²) in [4.78, 5) is 13.4. The van der Waals surface area contributed by atoms with Gasteiger partial charge in [0.1, 0.15) is 11.4 Å². The van der Waals surface area contributed by atoms with Gasteiger partial charge in [-0.25, -0.2) is 0 Å². The van der Waals surface area contributed by atoms with Gasteiger partial charge in [-0.3, -0.25) is 4.79 Å². The molecule has 2 aliphatic rings. The van der Waals surface area contributed by atoms with Gasteiger partial charge in [0.25, 0.3) is 0 Å². The van der Waals surface area contributed by atoms with Crippen LogP contribution in [0.3, 0.4) is 0 Å². The Kier molecular flexibility index (Phi) is 6.02. The first-order valence-corrected chi connectivity index (χ1v) is 10.7. The van der Waals surface area contributed by atoms with E-state index in [0.29, 0.717) is 29.4 Å². The summed E-state index contributed by atoms with van der Waals surface area (Å²) in [5.74, 6) is 0.595. The maximum atomic E-state index is 11.1. The number of likely N-dealkylation sites (tertiary alicyclic amines) is 1. The zero-order valence-electron chi connectivity index (χ0n) is 17.0. The third kappa shape index (κ3) is 4.62. The predicted molar refractivity (Wildman–Crippen MR) is 116 cm³/mol. The van der Waals surface area contributed by atoms with Crippen molar-refractivity contribution in [1.82, 2.24) is 4.90 Å². The summed E-state index contributed by atoms with van der Waals surface area (Å²) in [5, 5.41) is 24.6. The second-order valence-corrected chi connectivity index (χ2v) is 8.74. The van der Waals surface area contributed by atoms with Crippen LogP contribution in [0.25, 0.3) is 0 Å². The molecule has 2 aromatic rings. The molecule has 3 N–H and O–H groups in total. The van der Waals surface area contributed by atoms with E-state index in [-0.39, 0.29) is 11.5 Å². The summed E-state index contributed by atoms with van der Waals surface area (Å²) < 4.78 is 6.33. The number of carbonyl (C=O) groups is 1. The number of anilines is 1. The average Bonchev–Trinajstić information content (AvgIpc) is 2.71. The summed E-state index contributed by atoms with van der Waals surface area (Å²) in [6.07, 6.45) is 0.958. The molecule has 160 valence electrons. The van der Waals surface area contributed by atoms with Crippen LogP contribution in [0.4, 0.5) is 5.69 Å². The minimum Gasteiger partial charge on any atom is -0.487 e. The van der Waals surface area contributed by atoms with E-state index in [1.807, 2.05) is 18.2 Å². The zero-order valence-corrected chi connectivity index (χ0v) is 17.7. The number of hydrogen-bond acceptors (Lipinski definition) is 5. The maximum Gasteiger partial charge on any atom is 0.221 e. The highest BCUT2D eigenvalue weighted by Crippen LogP contribution is 2.45. The largest absolute Gasteiger partial charge is 0.487 e. The molecule has 0 radical (unpaired) electrons. The van der Waals surface area contributed by atoms with Crippen LogP contribution in [0.1, 0.15) is 49.5 Å². The molecule has 6 nitrogen and oxygen atoms in total. The van der Waals surface area contributed by atoms with Crippen molar-refractivity contribution >= 4 is 23.2 Å². The third-order valence-corrected chi connectivity index (χ3v) is 6.27. The Bertz CT molecular complexity index is 910. The van der Waals surface area contributed by atoms with Crippen LogP contribution in [0.5, 0.6) is 5.75 Å². The SMILES string of the molecule is CC(=O)Nc1ccc([C@H](O)CN2CCC3(CC2)C[C@@H](O)c2cc(Cl)ccc2O3)cc1. The molecule has 2 atom stereocenters. The first-order valence-electron chi connectivity index (χ1n) is 10.3. The fourth-order valence-corrected chi connectivity index (χ4v) is 4.58. The lowest BCUT2D eigenvalue weighted by atomic mass is 9.81. The number of ether oxygens (including phenoxy) is 1. The highest BCUT2D eigenvalue weighted by Gasteiger charge is 2.43. The van der Waals surface area contributed by atoms with Crippen LogP contribution in [-0.4, -0.2) is 46.3 Å². The Hall–Kier alpha value is -2.12. The van der Waals surface area contributed by atoms with E-state index in [9.17, 15) is 15.0 Å². The van der Waals surface area contributed by atoms with Crippen LogP contribution >= 0.6 is 11.6 Å². The number of amides is 1. The molecule has 0 aromatic heterocycles. The second kappa shape index (κ2) is 8.55. The van der Waals surface area contributed by atoms with Crippen LogP contribution < -0.4 is 10.1 Å². The minimum absolute atomic E-state index is 0.119. The molecule has 2 heterocycles. The van der Waals surface area contributed by atoms with Gasteiger partial charge in [0.05, 0.1) is 12.2 Å². The third-order valence-electron chi connectivity index (χ3n) is 6.04. The fraction of sp³-hybridized carbons (Fsp3) is 0.435. The topological polar surface area (TPSA) is 82.0 Å². The Balaban J connectivity index is 1.34. The zero-order chi connectivity index (χ0) is 21.3. The molecule has 1 saturated heterocycles. The summed E-state index contributed by atoms with van der Waals surface area (Å²) in [6, 6.07) is 12.7. The number of β-amino-alcohol motifs (C(OH)–C–C–N with tert-alkyl or cyclic N) is 1. The van der Waals surface area contributed by atoms with Gasteiger partial charge in [0.2, 0.25) is 5.91 Å². The number of benzene rings is 2. The van der Waals surface area contributed by atoms with Crippen molar-refractivity contribution in [2.75, 3.05) is 25.0 Å². The number of fused-ring (bicyclic) bond motifs is 1. The van der Waals surface area contributed by atoms with Crippen LogP contribution in [0, 0.1) is 0 Å².